The fourth-order valence-corrected chi connectivity index (χ4v) is 2.13. The lowest BCUT2D eigenvalue weighted by Crippen LogP contribution is -2.31. The van der Waals surface area contributed by atoms with Crippen LogP contribution >= 0.6 is 0 Å². The summed E-state index contributed by atoms with van der Waals surface area (Å²) in [6, 6.07) is 6.25. The van der Waals surface area contributed by atoms with Gasteiger partial charge in [-0.2, -0.15) is 0 Å². The van der Waals surface area contributed by atoms with Crippen molar-refractivity contribution in [3.05, 3.63) is 52.7 Å². The van der Waals surface area contributed by atoms with E-state index >= 15 is 0 Å². The minimum absolute atomic E-state index is 0.145. The number of amides is 1. The third-order valence-electron chi connectivity index (χ3n) is 3.18. The molecular weight excluding hydrogens is 259 g/mol. The van der Waals surface area contributed by atoms with Gasteiger partial charge in [-0.1, -0.05) is 17.3 Å². The minimum atomic E-state index is -0.302. The van der Waals surface area contributed by atoms with Gasteiger partial charge in [0.05, 0.1) is 5.69 Å². The maximum Gasteiger partial charge on any atom is 0.259 e. The fraction of sp³-hybridized carbons (Fsp3) is 0.333. The topological polar surface area (TPSA) is 46.3 Å². The van der Waals surface area contributed by atoms with Crippen LogP contribution in [-0.2, 0) is 6.54 Å². The standard InChI is InChI=1S/C15H17FN2O2/c1-4-18(9-12-6-5-7-13(16)8-12)15(19)14-10(2)17-20-11(14)3/h5-8H,4,9H2,1-3H3. The Kier molecular flexibility index (Phi) is 4.17. The maximum absolute atomic E-state index is 13.2. The first-order valence-electron chi connectivity index (χ1n) is 6.49. The van der Waals surface area contributed by atoms with Gasteiger partial charge in [-0.15, -0.1) is 0 Å². The number of hydrogen-bond acceptors (Lipinski definition) is 3. The molecule has 0 N–H and O–H groups in total. The molecule has 0 bridgehead atoms. The van der Waals surface area contributed by atoms with E-state index in [1.165, 1.54) is 12.1 Å². The highest BCUT2D eigenvalue weighted by Crippen LogP contribution is 2.17. The molecule has 0 unspecified atom stereocenters. The normalized spacial score (nSPS) is 10.6. The number of aromatic nitrogens is 1. The summed E-state index contributed by atoms with van der Waals surface area (Å²) in [6.07, 6.45) is 0. The van der Waals surface area contributed by atoms with E-state index in [0.717, 1.165) is 5.56 Å². The van der Waals surface area contributed by atoms with E-state index in [9.17, 15) is 9.18 Å². The number of benzene rings is 1. The van der Waals surface area contributed by atoms with Gasteiger partial charge in [0.25, 0.3) is 5.91 Å². The van der Waals surface area contributed by atoms with Gasteiger partial charge < -0.3 is 9.42 Å². The van der Waals surface area contributed by atoms with Crippen molar-refractivity contribution in [3.63, 3.8) is 0 Å². The van der Waals surface area contributed by atoms with Crippen molar-refractivity contribution < 1.29 is 13.7 Å². The summed E-state index contributed by atoms with van der Waals surface area (Å²) in [4.78, 5) is 14.1. The third kappa shape index (κ3) is 2.87. The van der Waals surface area contributed by atoms with Crippen molar-refractivity contribution in [1.82, 2.24) is 10.1 Å². The Bertz CT molecular complexity index is 603. The van der Waals surface area contributed by atoms with Gasteiger partial charge in [-0.05, 0) is 38.5 Å². The van der Waals surface area contributed by atoms with Crippen molar-refractivity contribution in [1.29, 1.82) is 0 Å². The zero-order chi connectivity index (χ0) is 14.7. The van der Waals surface area contributed by atoms with Gasteiger partial charge in [-0.25, -0.2) is 4.39 Å². The highest BCUT2D eigenvalue weighted by Gasteiger charge is 2.22. The summed E-state index contributed by atoms with van der Waals surface area (Å²) < 4.78 is 18.2. The van der Waals surface area contributed by atoms with Crippen LogP contribution in [0, 0.1) is 19.7 Å². The summed E-state index contributed by atoms with van der Waals surface area (Å²) >= 11 is 0. The van der Waals surface area contributed by atoms with Gasteiger partial charge in [0.2, 0.25) is 0 Å². The van der Waals surface area contributed by atoms with Crippen molar-refractivity contribution in [2.75, 3.05) is 6.54 Å². The van der Waals surface area contributed by atoms with Crippen LogP contribution in [-0.4, -0.2) is 22.5 Å². The molecule has 1 aromatic carbocycles. The Morgan fingerprint density at radius 3 is 2.70 bits per heavy atom. The lowest BCUT2D eigenvalue weighted by atomic mass is 10.1. The molecule has 0 saturated carbocycles. The van der Waals surface area contributed by atoms with Crippen LogP contribution in [0.3, 0.4) is 0 Å². The monoisotopic (exact) mass is 276 g/mol. The molecule has 20 heavy (non-hydrogen) atoms. The van der Waals surface area contributed by atoms with Gasteiger partial charge in [0.15, 0.2) is 0 Å². The van der Waals surface area contributed by atoms with Crippen molar-refractivity contribution >= 4 is 5.91 Å². The number of nitrogens with zero attached hydrogens (tertiary/aromatic N) is 2. The molecule has 0 radical (unpaired) electrons. The Balaban J connectivity index is 2.22. The number of rotatable bonds is 4. The fourth-order valence-electron chi connectivity index (χ4n) is 2.13. The molecule has 1 amide bonds. The summed E-state index contributed by atoms with van der Waals surface area (Å²) in [7, 11) is 0. The average molecular weight is 276 g/mol. The number of hydrogen-bond donors (Lipinski definition) is 0. The second-order valence-corrected chi connectivity index (χ2v) is 4.65. The van der Waals surface area contributed by atoms with E-state index in [2.05, 4.69) is 5.16 Å². The molecule has 0 saturated heterocycles. The molecule has 0 aliphatic rings. The first-order chi connectivity index (χ1) is 9.52. The summed E-state index contributed by atoms with van der Waals surface area (Å²) in [5, 5.41) is 3.79. The van der Waals surface area contributed by atoms with Crippen LogP contribution in [0.15, 0.2) is 28.8 Å². The molecule has 1 aromatic heterocycles. The summed E-state index contributed by atoms with van der Waals surface area (Å²) in [5.74, 6) is 0.0570. The Labute approximate surface area is 117 Å². The highest BCUT2D eigenvalue weighted by molar-refractivity contribution is 5.96. The minimum Gasteiger partial charge on any atom is -0.361 e. The van der Waals surface area contributed by atoms with E-state index in [4.69, 9.17) is 4.52 Å². The smallest absolute Gasteiger partial charge is 0.259 e. The zero-order valence-corrected chi connectivity index (χ0v) is 11.8. The second-order valence-electron chi connectivity index (χ2n) is 4.65. The van der Waals surface area contributed by atoms with E-state index in [1.807, 2.05) is 6.92 Å². The first kappa shape index (κ1) is 14.2. The van der Waals surface area contributed by atoms with Crippen molar-refractivity contribution in [2.45, 2.75) is 27.3 Å². The third-order valence-corrected chi connectivity index (χ3v) is 3.18. The van der Waals surface area contributed by atoms with E-state index in [1.54, 1.807) is 30.9 Å². The Hall–Kier alpha value is -2.17. The SMILES string of the molecule is CCN(Cc1cccc(F)c1)C(=O)c1c(C)noc1C. The second kappa shape index (κ2) is 5.86. The van der Waals surface area contributed by atoms with Crippen molar-refractivity contribution in [2.24, 2.45) is 0 Å². The molecule has 0 aliphatic heterocycles. The van der Waals surface area contributed by atoms with Crippen LogP contribution in [0.1, 0.15) is 34.3 Å². The van der Waals surface area contributed by atoms with Gasteiger partial charge in [0, 0.05) is 13.1 Å². The largest absolute Gasteiger partial charge is 0.361 e. The summed E-state index contributed by atoms with van der Waals surface area (Å²) in [5.41, 5.74) is 1.82. The maximum atomic E-state index is 13.2. The lowest BCUT2D eigenvalue weighted by Gasteiger charge is -2.20. The van der Waals surface area contributed by atoms with Gasteiger partial charge >= 0.3 is 0 Å². The van der Waals surface area contributed by atoms with Gasteiger partial charge in [0.1, 0.15) is 17.1 Å². The molecule has 0 aliphatic carbocycles. The van der Waals surface area contributed by atoms with Crippen molar-refractivity contribution in [3.8, 4) is 0 Å². The molecule has 1 heterocycles. The number of halogens is 1. The predicted octanol–water partition coefficient (Wildman–Crippen LogP) is 3.09. The molecule has 4 nitrogen and oxygen atoms in total. The molecule has 0 atom stereocenters. The van der Waals surface area contributed by atoms with E-state index in [0.29, 0.717) is 30.1 Å². The molecular formula is C15H17FN2O2. The predicted molar refractivity (Wildman–Crippen MR) is 72.8 cm³/mol. The van der Waals surface area contributed by atoms with Gasteiger partial charge in [-0.3, -0.25) is 4.79 Å². The summed E-state index contributed by atoms with van der Waals surface area (Å²) in [6.45, 7) is 6.22. The molecule has 2 aromatic rings. The molecule has 0 fully saturated rings. The number of carbonyl (C=O) groups excluding carboxylic acids is 1. The van der Waals surface area contributed by atoms with E-state index < -0.39 is 0 Å². The van der Waals surface area contributed by atoms with Crippen LogP contribution in [0.5, 0.6) is 0 Å². The highest BCUT2D eigenvalue weighted by atomic mass is 19.1. The lowest BCUT2D eigenvalue weighted by molar-refractivity contribution is 0.0750. The Morgan fingerprint density at radius 1 is 1.40 bits per heavy atom. The molecule has 2 rings (SSSR count). The Morgan fingerprint density at radius 2 is 2.15 bits per heavy atom. The van der Waals surface area contributed by atoms with E-state index in [-0.39, 0.29) is 11.7 Å². The van der Waals surface area contributed by atoms with Crippen LogP contribution in [0.4, 0.5) is 4.39 Å². The zero-order valence-electron chi connectivity index (χ0n) is 11.8. The van der Waals surface area contributed by atoms with Crippen LogP contribution in [0.2, 0.25) is 0 Å². The average Bonchev–Trinajstić information content (AvgIpc) is 2.75. The van der Waals surface area contributed by atoms with Crippen LogP contribution < -0.4 is 0 Å². The molecule has 0 spiro atoms. The first-order valence-corrected chi connectivity index (χ1v) is 6.49. The number of aryl methyl sites for hydroxylation is 2. The van der Waals surface area contributed by atoms with Crippen LogP contribution in [0.25, 0.3) is 0 Å². The molecule has 5 heteroatoms. The number of carbonyl (C=O) groups is 1. The molecule has 106 valence electrons. The quantitative estimate of drug-likeness (QED) is 0.862.